The molecule has 1 saturated carbocycles. The van der Waals surface area contributed by atoms with Crippen LogP contribution in [-0.2, 0) is 34.3 Å². The molecule has 4 aliphatic rings. The van der Waals surface area contributed by atoms with Gasteiger partial charge in [0, 0.05) is 81.5 Å². The van der Waals surface area contributed by atoms with E-state index >= 15 is 0 Å². The molecule has 16 heteroatoms. The molecule has 11 rings (SSSR count). The second-order valence-corrected chi connectivity index (χ2v) is 24.0. The number of amides is 3. The molecule has 78 heavy (non-hydrogen) atoms. The number of carbonyl (C=O) groups excluding carboxylic acids is 4. The van der Waals surface area contributed by atoms with Crippen LogP contribution in [0.5, 0.6) is 5.75 Å². The monoisotopic (exact) mass is 1070 g/mol. The number of aromatic nitrogens is 4. The number of benzene rings is 4. The summed E-state index contributed by atoms with van der Waals surface area (Å²) in [5.41, 5.74) is 8.46. The molecule has 3 amide bonds. The predicted octanol–water partition coefficient (Wildman–Crippen LogP) is 11.0. The fraction of sp³-hybridized carbons (Fsp3) is 0.435. The number of aryl methyl sites for hydroxylation is 1. The topological polar surface area (TPSA) is 164 Å². The Balaban J connectivity index is 0.684. The zero-order valence-corrected chi connectivity index (χ0v) is 46.6. The number of piperidine rings is 1. The molecule has 406 valence electrons. The summed E-state index contributed by atoms with van der Waals surface area (Å²) >= 11 is 1.45. The molecule has 3 aliphatic heterocycles. The maximum Gasteiger partial charge on any atom is 0.358 e. The van der Waals surface area contributed by atoms with Crippen molar-refractivity contribution in [2.75, 3.05) is 54.4 Å². The molecule has 4 aromatic carbocycles. The molecule has 1 unspecified atom stereocenters. The molecule has 0 bridgehead atoms. The summed E-state index contributed by atoms with van der Waals surface area (Å²) in [5, 5.41) is 11.8. The van der Waals surface area contributed by atoms with E-state index in [2.05, 4.69) is 68.4 Å². The van der Waals surface area contributed by atoms with Crippen LogP contribution in [0, 0.1) is 18.8 Å². The van der Waals surface area contributed by atoms with E-state index in [0.717, 1.165) is 120 Å². The first-order valence-corrected chi connectivity index (χ1v) is 28.7. The van der Waals surface area contributed by atoms with E-state index in [4.69, 9.17) is 19.6 Å². The molecular formula is C62H71N9O6S. The van der Waals surface area contributed by atoms with Gasteiger partial charge in [-0.3, -0.25) is 34.6 Å². The van der Waals surface area contributed by atoms with E-state index in [9.17, 15) is 19.2 Å². The Bertz CT molecular complexity index is 3370. The molecular weight excluding hydrogens is 999 g/mol. The third-order valence-corrected chi connectivity index (χ3v) is 17.3. The SMILES string of the molecule is Cc1c(OC2CCC(CC[C@H](C)CN3CCN(c4ccc5c(C6CCC(=O)NC6=O)nn(C)c5c4)CC3)CC2)cccc1-c1ccc(N2CCc3cccc(C(=O)Nc4nc5ccccc5s4)c3C2)nc1C(=O)OC(C)(C)C. The molecule has 7 aromatic rings. The summed E-state index contributed by atoms with van der Waals surface area (Å²) in [6.45, 7) is 16.3. The van der Waals surface area contributed by atoms with Gasteiger partial charge in [0.05, 0.1) is 33.4 Å². The van der Waals surface area contributed by atoms with E-state index in [1.807, 2.05) is 99.2 Å². The molecule has 3 aromatic heterocycles. The van der Waals surface area contributed by atoms with Gasteiger partial charge < -0.3 is 19.3 Å². The van der Waals surface area contributed by atoms with Gasteiger partial charge in [-0.2, -0.15) is 5.10 Å². The first-order valence-electron chi connectivity index (χ1n) is 27.9. The first-order chi connectivity index (χ1) is 37.6. The minimum Gasteiger partial charge on any atom is -0.490 e. The lowest BCUT2D eigenvalue weighted by Gasteiger charge is -2.37. The van der Waals surface area contributed by atoms with Crippen molar-refractivity contribution in [2.45, 2.75) is 117 Å². The van der Waals surface area contributed by atoms with Gasteiger partial charge in [-0.15, -0.1) is 0 Å². The fourth-order valence-electron chi connectivity index (χ4n) is 12.1. The van der Waals surface area contributed by atoms with Crippen LogP contribution in [0.25, 0.3) is 32.2 Å². The number of imide groups is 1. The molecule has 6 heterocycles. The summed E-state index contributed by atoms with van der Waals surface area (Å²) in [5.74, 6) is 1.20. The van der Waals surface area contributed by atoms with Crippen LogP contribution in [0.4, 0.5) is 16.6 Å². The van der Waals surface area contributed by atoms with Gasteiger partial charge in [-0.25, -0.2) is 14.8 Å². The van der Waals surface area contributed by atoms with Gasteiger partial charge in [0.2, 0.25) is 11.8 Å². The van der Waals surface area contributed by atoms with Crippen molar-refractivity contribution in [3.63, 3.8) is 0 Å². The Morgan fingerprint density at radius 1 is 0.846 bits per heavy atom. The Labute approximate surface area is 460 Å². The molecule has 1 aliphatic carbocycles. The van der Waals surface area contributed by atoms with Crippen molar-refractivity contribution in [1.82, 2.24) is 30.0 Å². The number of hydrogen-bond donors (Lipinski definition) is 2. The summed E-state index contributed by atoms with van der Waals surface area (Å²) in [6, 6.07) is 30.2. The summed E-state index contributed by atoms with van der Waals surface area (Å²) in [4.78, 5) is 69.3. The van der Waals surface area contributed by atoms with E-state index in [-0.39, 0.29) is 29.5 Å². The molecule has 2 atom stereocenters. The number of esters is 1. The highest BCUT2D eigenvalue weighted by molar-refractivity contribution is 7.22. The van der Waals surface area contributed by atoms with Gasteiger partial charge in [-0.1, -0.05) is 61.1 Å². The van der Waals surface area contributed by atoms with Gasteiger partial charge in [0.25, 0.3) is 5.91 Å². The van der Waals surface area contributed by atoms with E-state index in [1.54, 1.807) is 0 Å². The third-order valence-electron chi connectivity index (χ3n) is 16.3. The normalized spacial score (nSPS) is 19.6. The highest BCUT2D eigenvalue weighted by atomic mass is 32.1. The lowest BCUT2D eigenvalue weighted by Crippen LogP contribution is -2.47. The maximum atomic E-state index is 14.1. The molecule has 15 nitrogen and oxygen atoms in total. The number of para-hydroxylation sites is 1. The van der Waals surface area contributed by atoms with Gasteiger partial charge in [-0.05, 0) is 161 Å². The molecule has 2 N–H and O–H groups in total. The van der Waals surface area contributed by atoms with Crippen molar-refractivity contribution >= 4 is 72.8 Å². The van der Waals surface area contributed by atoms with Crippen LogP contribution in [0.2, 0.25) is 0 Å². The summed E-state index contributed by atoms with van der Waals surface area (Å²) in [6.07, 6.45) is 8.43. The number of ether oxygens (including phenoxy) is 2. The zero-order chi connectivity index (χ0) is 54.2. The quantitative estimate of drug-likeness (QED) is 0.0784. The molecule has 2 saturated heterocycles. The van der Waals surface area contributed by atoms with Gasteiger partial charge >= 0.3 is 5.97 Å². The number of hydrogen-bond acceptors (Lipinski definition) is 13. The van der Waals surface area contributed by atoms with Crippen LogP contribution < -0.4 is 25.2 Å². The van der Waals surface area contributed by atoms with Crippen molar-refractivity contribution < 1.29 is 28.7 Å². The summed E-state index contributed by atoms with van der Waals surface area (Å²) in [7, 11) is 1.93. The van der Waals surface area contributed by atoms with Crippen molar-refractivity contribution in [2.24, 2.45) is 18.9 Å². The highest BCUT2D eigenvalue weighted by Crippen LogP contribution is 2.39. The Hall–Kier alpha value is -7.17. The van der Waals surface area contributed by atoms with Crippen LogP contribution in [0.1, 0.15) is 128 Å². The van der Waals surface area contributed by atoms with Crippen LogP contribution in [-0.4, -0.2) is 99.3 Å². The largest absolute Gasteiger partial charge is 0.490 e. The van der Waals surface area contributed by atoms with Crippen LogP contribution >= 0.6 is 11.3 Å². The average Bonchev–Trinajstić information content (AvgIpc) is 4.11. The molecule has 0 radical (unpaired) electrons. The predicted molar refractivity (Wildman–Crippen MR) is 308 cm³/mol. The lowest BCUT2D eigenvalue weighted by atomic mass is 9.83. The molecule has 0 spiro atoms. The number of anilines is 3. The maximum absolute atomic E-state index is 14.1. The van der Waals surface area contributed by atoms with Gasteiger partial charge in [0.15, 0.2) is 10.8 Å². The number of carbonyl (C=O) groups is 4. The van der Waals surface area contributed by atoms with E-state index in [1.165, 1.54) is 29.9 Å². The Morgan fingerprint density at radius 3 is 2.42 bits per heavy atom. The lowest BCUT2D eigenvalue weighted by molar-refractivity contribution is -0.134. The van der Waals surface area contributed by atoms with E-state index < -0.39 is 17.5 Å². The van der Waals surface area contributed by atoms with Crippen LogP contribution in [0.15, 0.2) is 91.0 Å². The first kappa shape index (κ1) is 52.9. The van der Waals surface area contributed by atoms with Gasteiger partial charge in [0.1, 0.15) is 17.2 Å². The summed E-state index contributed by atoms with van der Waals surface area (Å²) < 4.78 is 15.7. The van der Waals surface area contributed by atoms with Crippen molar-refractivity contribution in [3.8, 4) is 16.9 Å². The number of piperazine rings is 1. The number of pyridine rings is 1. The van der Waals surface area contributed by atoms with Crippen molar-refractivity contribution in [1.29, 1.82) is 0 Å². The average molecular weight is 1070 g/mol. The van der Waals surface area contributed by atoms with E-state index in [0.29, 0.717) is 59.8 Å². The number of nitrogens with one attached hydrogen (secondary N) is 2. The number of nitrogens with zero attached hydrogens (tertiary/aromatic N) is 7. The van der Waals surface area contributed by atoms with Crippen LogP contribution in [0.3, 0.4) is 0 Å². The molecule has 3 fully saturated rings. The Kier molecular flexibility index (Phi) is 15.1. The minimum atomic E-state index is -0.732. The zero-order valence-electron chi connectivity index (χ0n) is 45.8. The second kappa shape index (κ2) is 22.3. The standard InChI is InChI=1S/C62H71N9O6S/c1-38(36-69-31-33-70(34-32-69)42-21-24-47-51(35-42)68(6)67-56(47)48-26-28-55(72)65-59(48)74)17-18-40-19-22-43(23-20-40)76-52-15-10-12-44(39(52)2)45-25-27-54(64-57(45)60(75)77-62(3,4)5)71-30-29-41-11-9-13-46(49(41)37-71)58(73)66-61-63-50-14-7-8-16-53(50)78-61/h7-16,21,24-25,27,35,38,40,43,48H,17-20,22-23,26,28-34,36-37H2,1-6H3,(H,63,66,73)(H,65,72,74)/t38-,40?,43?,48?/m0/s1. The smallest absolute Gasteiger partial charge is 0.358 e. The highest BCUT2D eigenvalue weighted by Gasteiger charge is 2.33. The Morgan fingerprint density at radius 2 is 1.64 bits per heavy atom. The number of thiazole rings is 1. The minimum absolute atomic E-state index is 0.121. The third kappa shape index (κ3) is 11.5. The number of rotatable bonds is 14. The fourth-order valence-corrected chi connectivity index (χ4v) is 12.9. The number of fused-ring (bicyclic) bond motifs is 3. The second-order valence-electron chi connectivity index (χ2n) is 23.0. The van der Waals surface area contributed by atoms with Crippen molar-refractivity contribution in [3.05, 3.63) is 125 Å².